The number of likely N-dealkylation sites (tertiary alicyclic amines) is 1. The van der Waals surface area contributed by atoms with Crippen LogP contribution in [0.5, 0.6) is 0 Å². The predicted molar refractivity (Wildman–Crippen MR) is 96.9 cm³/mol. The quantitative estimate of drug-likeness (QED) is 0.885. The van der Waals surface area contributed by atoms with Crippen LogP contribution in [0.2, 0.25) is 5.02 Å². The fourth-order valence-corrected chi connectivity index (χ4v) is 5.34. The minimum Gasteiger partial charge on any atom is -0.342 e. The third-order valence-electron chi connectivity index (χ3n) is 6.60. The Bertz CT molecular complexity index is 588. The molecule has 0 aromatic heterocycles. The lowest BCUT2D eigenvalue weighted by molar-refractivity contribution is -0.137. The van der Waals surface area contributed by atoms with Crippen molar-refractivity contribution in [1.29, 1.82) is 0 Å². The van der Waals surface area contributed by atoms with Crippen LogP contribution in [0.25, 0.3) is 0 Å². The lowest BCUT2D eigenvalue weighted by Crippen LogP contribution is -2.49. The molecule has 2 aliphatic carbocycles. The first-order valence-electron chi connectivity index (χ1n) is 9.41. The van der Waals surface area contributed by atoms with Crippen molar-refractivity contribution < 1.29 is 4.79 Å². The Balaban J connectivity index is 1.40. The molecule has 2 N–H and O–H groups in total. The molecule has 130 valence electrons. The lowest BCUT2D eigenvalue weighted by atomic mass is 9.65. The molecule has 3 unspecified atom stereocenters. The Kier molecular flexibility index (Phi) is 4.57. The van der Waals surface area contributed by atoms with Gasteiger partial charge in [0.15, 0.2) is 0 Å². The summed E-state index contributed by atoms with van der Waals surface area (Å²) < 4.78 is 0. The van der Waals surface area contributed by atoms with E-state index in [-0.39, 0.29) is 5.92 Å². The van der Waals surface area contributed by atoms with Crippen molar-refractivity contribution >= 4 is 17.5 Å². The maximum atomic E-state index is 13.0. The van der Waals surface area contributed by atoms with Crippen LogP contribution >= 0.6 is 11.6 Å². The van der Waals surface area contributed by atoms with Crippen molar-refractivity contribution in [3.63, 3.8) is 0 Å². The van der Waals surface area contributed by atoms with E-state index in [4.69, 9.17) is 17.3 Å². The number of amides is 1. The minimum absolute atomic E-state index is 0.212. The fraction of sp³-hybridized carbons (Fsp3) is 0.650. The van der Waals surface area contributed by atoms with Crippen molar-refractivity contribution in [3.05, 3.63) is 34.9 Å². The van der Waals surface area contributed by atoms with Gasteiger partial charge in [0.2, 0.25) is 5.91 Å². The summed E-state index contributed by atoms with van der Waals surface area (Å²) in [5.74, 6) is 2.19. The Morgan fingerprint density at radius 1 is 1.08 bits per heavy atom. The van der Waals surface area contributed by atoms with Gasteiger partial charge in [-0.25, -0.2) is 0 Å². The molecular weight excluding hydrogens is 320 g/mol. The van der Waals surface area contributed by atoms with Crippen molar-refractivity contribution in [2.45, 2.75) is 50.5 Å². The second kappa shape index (κ2) is 6.68. The molecule has 1 aromatic rings. The lowest BCUT2D eigenvalue weighted by Gasteiger charge is -2.44. The van der Waals surface area contributed by atoms with E-state index in [9.17, 15) is 4.79 Å². The second-order valence-electron chi connectivity index (χ2n) is 8.02. The molecule has 24 heavy (non-hydrogen) atoms. The molecule has 2 saturated carbocycles. The summed E-state index contributed by atoms with van der Waals surface area (Å²) in [6.45, 7) is 1.75. The molecule has 0 radical (unpaired) electrons. The van der Waals surface area contributed by atoms with Gasteiger partial charge in [-0.05, 0) is 61.6 Å². The average molecular weight is 347 g/mol. The largest absolute Gasteiger partial charge is 0.342 e. The summed E-state index contributed by atoms with van der Waals surface area (Å²) in [5.41, 5.74) is 7.68. The molecule has 1 saturated heterocycles. The van der Waals surface area contributed by atoms with E-state index in [1.807, 2.05) is 12.1 Å². The Hall–Kier alpha value is -1.06. The summed E-state index contributed by atoms with van der Waals surface area (Å²) in [6.07, 6.45) is 6.82. The number of rotatable bonds is 2. The fourth-order valence-electron chi connectivity index (χ4n) is 5.22. The molecule has 2 bridgehead atoms. The smallest absolute Gasteiger partial charge is 0.225 e. The highest BCUT2D eigenvalue weighted by molar-refractivity contribution is 6.30. The van der Waals surface area contributed by atoms with E-state index in [1.165, 1.54) is 24.8 Å². The molecule has 1 heterocycles. The van der Waals surface area contributed by atoms with E-state index >= 15 is 0 Å². The third-order valence-corrected chi connectivity index (χ3v) is 6.86. The van der Waals surface area contributed by atoms with Gasteiger partial charge in [-0.15, -0.1) is 0 Å². The van der Waals surface area contributed by atoms with E-state index in [1.54, 1.807) is 0 Å². The van der Waals surface area contributed by atoms with Crippen LogP contribution in [0.3, 0.4) is 0 Å². The zero-order valence-electron chi connectivity index (χ0n) is 14.2. The van der Waals surface area contributed by atoms with Crippen LogP contribution < -0.4 is 5.73 Å². The Labute approximate surface area is 149 Å². The standard InChI is InChI=1S/C20H27ClN2O/c21-18-6-4-13(5-7-18)16-8-9-23(12-16)20(24)17-10-14-2-1-3-15(11-17)19(14)22/h4-7,14-17,19H,1-3,8-12,22H2. The van der Waals surface area contributed by atoms with Gasteiger partial charge in [-0.3, -0.25) is 4.79 Å². The molecule has 3 fully saturated rings. The maximum absolute atomic E-state index is 13.0. The molecule has 3 atom stereocenters. The number of benzene rings is 1. The van der Waals surface area contributed by atoms with Gasteiger partial charge in [0.25, 0.3) is 0 Å². The minimum atomic E-state index is 0.212. The molecule has 4 rings (SSSR count). The number of nitrogens with two attached hydrogens (primary N) is 1. The predicted octanol–water partition coefficient (Wildman–Crippen LogP) is 3.81. The van der Waals surface area contributed by atoms with Crippen LogP contribution in [0.15, 0.2) is 24.3 Å². The monoisotopic (exact) mass is 346 g/mol. The molecule has 0 spiro atoms. The molecule has 1 aliphatic heterocycles. The first kappa shape index (κ1) is 16.4. The van der Waals surface area contributed by atoms with Gasteiger partial charge in [-0.1, -0.05) is 30.2 Å². The zero-order valence-corrected chi connectivity index (χ0v) is 14.9. The average Bonchev–Trinajstić information content (AvgIpc) is 3.04. The summed E-state index contributed by atoms with van der Waals surface area (Å²) in [7, 11) is 0. The first-order chi connectivity index (χ1) is 11.6. The Morgan fingerprint density at radius 2 is 1.75 bits per heavy atom. The zero-order chi connectivity index (χ0) is 16.7. The molecule has 3 nitrogen and oxygen atoms in total. The van der Waals surface area contributed by atoms with Crippen molar-refractivity contribution in [2.24, 2.45) is 23.5 Å². The third kappa shape index (κ3) is 3.09. The van der Waals surface area contributed by atoms with Crippen LogP contribution in [-0.4, -0.2) is 29.9 Å². The van der Waals surface area contributed by atoms with Gasteiger partial charge in [0, 0.05) is 36.0 Å². The summed E-state index contributed by atoms with van der Waals surface area (Å²) >= 11 is 5.98. The maximum Gasteiger partial charge on any atom is 0.225 e. The second-order valence-corrected chi connectivity index (χ2v) is 8.45. The Morgan fingerprint density at radius 3 is 2.42 bits per heavy atom. The topological polar surface area (TPSA) is 46.3 Å². The van der Waals surface area contributed by atoms with Crippen molar-refractivity contribution in [3.8, 4) is 0 Å². The highest BCUT2D eigenvalue weighted by Gasteiger charge is 2.42. The normalized spacial score (nSPS) is 35.9. The summed E-state index contributed by atoms with van der Waals surface area (Å²) in [5, 5.41) is 0.773. The van der Waals surface area contributed by atoms with Gasteiger partial charge in [0.1, 0.15) is 0 Å². The SMILES string of the molecule is NC1C2CCCC1CC(C(=O)N1CCC(c3ccc(Cl)cc3)C1)C2. The van der Waals surface area contributed by atoms with E-state index in [0.29, 0.717) is 29.7 Å². The van der Waals surface area contributed by atoms with Crippen molar-refractivity contribution in [1.82, 2.24) is 4.90 Å². The highest BCUT2D eigenvalue weighted by atomic mass is 35.5. The number of fused-ring (bicyclic) bond motifs is 2. The number of carbonyl (C=O) groups is 1. The van der Waals surface area contributed by atoms with Crippen LogP contribution in [0, 0.1) is 17.8 Å². The van der Waals surface area contributed by atoms with Crippen molar-refractivity contribution in [2.75, 3.05) is 13.1 Å². The van der Waals surface area contributed by atoms with E-state index in [0.717, 1.165) is 37.4 Å². The number of hydrogen-bond donors (Lipinski definition) is 1. The number of carbonyl (C=O) groups excluding carboxylic acids is 1. The highest BCUT2D eigenvalue weighted by Crippen LogP contribution is 2.43. The van der Waals surface area contributed by atoms with Crippen LogP contribution in [0.4, 0.5) is 0 Å². The molecule has 1 aromatic carbocycles. The van der Waals surface area contributed by atoms with E-state index < -0.39 is 0 Å². The van der Waals surface area contributed by atoms with Gasteiger partial charge >= 0.3 is 0 Å². The van der Waals surface area contributed by atoms with E-state index in [2.05, 4.69) is 17.0 Å². The molecular formula is C20H27ClN2O. The molecule has 4 heteroatoms. The molecule has 3 aliphatic rings. The summed E-state index contributed by atoms with van der Waals surface area (Å²) in [4.78, 5) is 15.1. The van der Waals surface area contributed by atoms with Gasteiger partial charge in [0.05, 0.1) is 0 Å². The van der Waals surface area contributed by atoms with Crippen LogP contribution in [0.1, 0.15) is 50.0 Å². The number of halogens is 1. The van der Waals surface area contributed by atoms with Crippen LogP contribution in [-0.2, 0) is 4.79 Å². The number of hydrogen-bond acceptors (Lipinski definition) is 2. The molecule has 1 amide bonds. The van der Waals surface area contributed by atoms with Gasteiger partial charge in [-0.2, -0.15) is 0 Å². The summed E-state index contributed by atoms with van der Waals surface area (Å²) in [6, 6.07) is 8.44. The number of nitrogens with zero attached hydrogens (tertiary/aromatic N) is 1. The van der Waals surface area contributed by atoms with Gasteiger partial charge < -0.3 is 10.6 Å². The first-order valence-corrected chi connectivity index (χ1v) is 9.79.